The number of furan rings is 1. The normalized spacial score (nSPS) is 15.0. The number of aliphatic hydroxyl groups is 1. The molecule has 78 valence electrons. The maximum Gasteiger partial charge on any atom is 0.337 e. The second-order valence-corrected chi connectivity index (χ2v) is 3.15. The SMILES string of the molecule is CC(O)(COCc1ccco1)C(=O)O. The van der Waals surface area contributed by atoms with Gasteiger partial charge >= 0.3 is 5.97 Å². The van der Waals surface area contributed by atoms with Crippen LogP contribution in [0.15, 0.2) is 22.8 Å². The van der Waals surface area contributed by atoms with E-state index in [1.165, 1.54) is 13.2 Å². The van der Waals surface area contributed by atoms with Crippen molar-refractivity contribution in [1.82, 2.24) is 0 Å². The average Bonchev–Trinajstić information content (AvgIpc) is 2.56. The van der Waals surface area contributed by atoms with Crippen molar-refractivity contribution in [3.63, 3.8) is 0 Å². The number of aliphatic carboxylic acids is 1. The lowest BCUT2D eigenvalue weighted by molar-refractivity contribution is -0.163. The molecular weight excluding hydrogens is 188 g/mol. The van der Waals surface area contributed by atoms with Gasteiger partial charge in [0.25, 0.3) is 0 Å². The van der Waals surface area contributed by atoms with E-state index in [-0.39, 0.29) is 13.2 Å². The first-order valence-corrected chi connectivity index (χ1v) is 4.08. The average molecular weight is 200 g/mol. The van der Waals surface area contributed by atoms with Crippen LogP contribution in [-0.2, 0) is 16.1 Å². The zero-order valence-electron chi connectivity index (χ0n) is 7.77. The van der Waals surface area contributed by atoms with Crippen molar-refractivity contribution in [2.24, 2.45) is 0 Å². The van der Waals surface area contributed by atoms with Crippen LogP contribution in [0.3, 0.4) is 0 Å². The van der Waals surface area contributed by atoms with Crippen LogP contribution < -0.4 is 0 Å². The molecule has 0 saturated carbocycles. The molecule has 1 aromatic rings. The number of hydrogen-bond donors (Lipinski definition) is 2. The van der Waals surface area contributed by atoms with Gasteiger partial charge in [0, 0.05) is 0 Å². The predicted octanol–water partition coefficient (Wildman–Crippen LogP) is 0.632. The number of ether oxygens (including phenoxy) is 1. The van der Waals surface area contributed by atoms with Gasteiger partial charge in [0.1, 0.15) is 12.4 Å². The molecule has 5 nitrogen and oxygen atoms in total. The van der Waals surface area contributed by atoms with Crippen LogP contribution in [0.4, 0.5) is 0 Å². The first-order valence-electron chi connectivity index (χ1n) is 4.08. The Bertz CT molecular complexity index is 288. The molecule has 1 unspecified atom stereocenters. The molecule has 1 heterocycles. The third kappa shape index (κ3) is 2.86. The summed E-state index contributed by atoms with van der Waals surface area (Å²) in [5.41, 5.74) is -1.85. The maximum atomic E-state index is 10.5. The Hall–Kier alpha value is -1.33. The van der Waals surface area contributed by atoms with Crippen molar-refractivity contribution in [1.29, 1.82) is 0 Å². The van der Waals surface area contributed by atoms with Crippen LogP contribution in [0, 0.1) is 0 Å². The maximum absolute atomic E-state index is 10.5. The van der Waals surface area contributed by atoms with Crippen LogP contribution in [0.25, 0.3) is 0 Å². The standard InChI is InChI=1S/C9H12O5/c1-9(12,8(10)11)6-13-5-7-3-2-4-14-7/h2-4,12H,5-6H2,1H3,(H,10,11). The molecule has 0 aromatic carbocycles. The molecule has 0 bridgehead atoms. The van der Waals surface area contributed by atoms with Crippen molar-refractivity contribution in [3.8, 4) is 0 Å². The minimum atomic E-state index is -1.85. The van der Waals surface area contributed by atoms with Gasteiger partial charge in [-0.15, -0.1) is 0 Å². The minimum Gasteiger partial charge on any atom is -0.479 e. The molecule has 0 fully saturated rings. The van der Waals surface area contributed by atoms with E-state index in [4.69, 9.17) is 14.3 Å². The second kappa shape index (κ2) is 4.26. The van der Waals surface area contributed by atoms with Gasteiger partial charge in [-0.1, -0.05) is 0 Å². The molecule has 0 aliphatic carbocycles. The molecular formula is C9H12O5. The Labute approximate surface area is 80.9 Å². The van der Waals surface area contributed by atoms with Crippen molar-refractivity contribution in [2.75, 3.05) is 6.61 Å². The fourth-order valence-electron chi connectivity index (χ4n) is 0.807. The highest BCUT2D eigenvalue weighted by molar-refractivity contribution is 5.76. The molecule has 1 rings (SSSR count). The van der Waals surface area contributed by atoms with Gasteiger partial charge in [0.15, 0.2) is 5.60 Å². The van der Waals surface area contributed by atoms with Gasteiger partial charge in [0.2, 0.25) is 0 Å². The fourth-order valence-corrected chi connectivity index (χ4v) is 0.807. The largest absolute Gasteiger partial charge is 0.479 e. The summed E-state index contributed by atoms with van der Waals surface area (Å²) in [5.74, 6) is -0.719. The summed E-state index contributed by atoms with van der Waals surface area (Å²) >= 11 is 0. The molecule has 0 spiro atoms. The number of rotatable bonds is 5. The van der Waals surface area contributed by atoms with E-state index < -0.39 is 11.6 Å². The summed E-state index contributed by atoms with van der Waals surface area (Å²) in [6.45, 7) is 1.05. The molecule has 0 aliphatic heterocycles. The molecule has 14 heavy (non-hydrogen) atoms. The van der Waals surface area contributed by atoms with E-state index >= 15 is 0 Å². The van der Waals surface area contributed by atoms with Gasteiger partial charge in [-0.2, -0.15) is 0 Å². The van der Waals surface area contributed by atoms with Gasteiger partial charge in [-0.05, 0) is 19.1 Å². The third-order valence-electron chi connectivity index (χ3n) is 1.67. The first kappa shape index (κ1) is 10.7. The van der Waals surface area contributed by atoms with E-state index in [9.17, 15) is 9.90 Å². The molecule has 1 atom stereocenters. The number of hydrogen-bond acceptors (Lipinski definition) is 4. The lowest BCUT2D eigenvalue weighted by Gasteiger charge is -2.16. The highest BCUT2D eigenvalue weighted by atomic mass is 16.5. The molecule has 0 aliphatic rings. The smallest absolute Gasteiger partial charge is 0.337 e. The van der Waals surface area contributed by atoms with Crippen molar-refractivity contribution in [2.45, 2.75) is 19.1 Å². The lowest BCUT2D eigenvalue weighted by atomic mass is 10.1. The quantitative estimate of drug-likeness (QED) is 0.728. The molecule has 2 N–H and O–H groups in total. The van der Waals surface area contributed by atoms with Crippen molar-refractivity contribution >= 4 is 5.97 Å². The van der Waals surface area contributed by atoms with Gasteiger partial charge in [-0.3, -0.25) is 0 Å². The summed E-state index contributed by atoms with van der Waals surface area (Å²) < 4.78 is 9.93. The second-order valence-electron chi connectivity index (χ2n) is 3.15. The van der Waals surface area contributed by atoms with Gasteiger partial charge in [-0.25, -0.2) is 4.79 Å². The number of carboxylic acid groups (broad SMARTS) is 1. The summed E-state index contributed by atoms with van der Waals surface area (Å²) in [6, 6.07) is 3.41. The Morgan fingerprint density at radius 3 is 2.93 bits per heavy atom. The molecule has 0 saturated heterocycles. The van der Waals surface area contributed by atoms with Crippen LogP contribution in [0.1, 0.15) is 12.7 Å². The lowest BCUT2D eigenvalue weighted by Crippen LogP contribution is -2.39. The van der Waals surface area contributed by atoms with E-state index in [2.05, 4.69) is 0 Å². The van der Waals surface area contributed by atoms with E-state index in [0.29, 0.717) is 5.76 Å². The van der Waals surface area contributed by atoms with Crippen LogP contribution >= 0.6 is 0 Å². The van der Waals surface area contributed by atoms with Crippen molar-refractivity contribution in [3.05, 3.63) is 24.2 Å². The topological polar surface area (TPSA) is 79.9 Å². The van der Waals surface area contributed by atoms with E-state index in [1.807, 2.05) is 0 Å². The van der Waals surface area contributed by atoms with Crippen LogP contribution in [-0.4, -0.2) is 28.4 Å². The zero-order valence-corrected chi connectivity index (χ0v) is 7.77. The molecule has 5 heteroatoms. The minimum absolute atomic E-state index is 0.149. The summed E-state index contributed by atoms with van der Waals surface area (Å²) in [5, 5.41) is 17.8. The van der Waals surface area contributed by atoms with Gasteiger partial charge < -0.3 is 19.4 Å². The molecule has 1 aromatic heterocycles. The first-order chi connectivity index (χ1) is 6.52. The Kier molecular flexibility index (Phi) is 3.27. The zero-order chi connectivity index (χ0) is 10.6. The molecule has 0 amide bonds. The number of carboxylic acids is 1. The summed E-state index contributed by atoms with van der Waals surface area (Å²) in [6.07, 6.45) is 1.49. The number of carbonyl (C=O) groups is 1. The monoisotopic (exact) mass is 200 g/mol. The van der Waals surface area contributed by atoms with Crippen LogP contribution in [0.5, 0.6) is 0 Å². The Morgan fingerprint density at radius 1 is 1.71 bits per heavy atom. The Balaban J connectivity index is 2.31. The van der Waals surface area contributed by atoms with Crippen LogP contribution in [0.2, 0.25) is 0 Å². The van der Waals surface area contributed by atoms with E-state index in [1.54, 1.807) is 12.1 Å². The highest BCUT2D eigenvalue weighted by Gasteiger charge is 2.30. The fraction of sp³-hybridized carbons (Fsp3) is 0.444. The highest BCUT2D eigenvalue weighted by Crippen LogP contribution is 2.07. The third-order valence-corrected chi connectivity index (χ3v) is 1.67. The molecule has 0 radical (unpaired) electrons. The van der Waals surface area contributed by atoms with E-state index in [0.717, 1.165) is 0 Å². The summed E-state index contributed by atoms with van der Waals surface area (Å²) in [7, 11) is 0. The Morgan fingerprint density at radius 2 is 2.43 bits per heavy atom. The summed E-state index contributed by atoms with van der Waals surface area (Å²) in [4.78, 5) is 10.5. The predicted molar refractivity (Wildman–Crippen MR) is 46.6 cm³/mol. The van der Waals surface area contributed by atoms with Gasteiger partial charge in [0.05, 0.1) is 12.9 Å². The van der Waals surface area contributed by atoms with Crippen molar-refractivity contribution < 1.29 is 24.2 Å².